The number of carbonyl (C=O) groups is 1. The number of allylic oxidation sites excluding steroid dienone is 2. The minimum absolute atomic E-state index is 0.0355. The molecular formula is C20H30O2. The number of aliphatic hydroxyl groups excluding tert-OH is 1. The molecule has 3 saturated carbocycles. The molecule has 122 valence electrons. The summed E-state index contributed by atoms with van der Waals surface area (Å²) < 4.78 is 0. The number of carbonyl (C=O) groups excluding carboxylic acids is 1. The van der Waals surface area contributed by atoms with Crippen LogP contribution in [0.25, 0.3) is 0 Å². The molecule has 0 amide bonds. The van der Waals surface area contributed by atoms with Gasteiger partial charge in [-0.2, -0.15) is 0 Å². The number of hydrogen-bond acceptors (Lipinski definition) is 2. The number of rotatable bonds is 1. The average molecular weight is 302 g/mol. The summed E-state index contributed by atoms with van der Waals surface area (Å²) in [5, 5.41) is 9.98. The molecule has 2 heteroatoms. The molecule has 4 rings (SSSR count). The van der Waals surface area contributed by atoms with E-state index >= 15 is 0 Å². The van der Waals surface area contributed by atoms with Crippen LogP contribution in [0.3, 0.4) is 0 Å². The lowest BCUT2D eigenvalue weighted by molar-refractivity contribution is -0.133. The van der Waals surface area contributed by atoms with Crippen molar-refractivity contribution >= 4 is 5.78 Å². The largest absolute Gasteiger partial charge is 0.396 e. The van der Waals surface area contributed by atoms with Crippen LogP contribution in [0, 0.1) is 34.5 Å². The van der Waals surface area contributed by atoms with E-state index in [1.54, 1.807) is 5.57 Å². The summed E-state index contributed by atoms with van der Waals surface area (Å²) in [5.41, 5.74) is 1.79. The zero-order valence-corrected chi connectivity index (χ0v) is 14.1. The molecule has 3 fully saturated rings. The molecule has 1 N–H and O–H groups in total. The van der Waals surface area contributed by atoms with Gasteiger partial charge >= 0.3 is 0 Å². The summed E-state index contributed by atoms with van der Waals surface area (Å²) in [6.07, 6.45) is 11.5. The van der Waals surface area contributed by atoms with Gasteiger partial charge in [-0.1, -0.05) is 25.5 Å². The van der Waals surface area contributed by atoms with Crippen LogP contribution < -0.4 is 0 Å². The molecule has 2 nitrogen and oxygen atoms in total. The third kappa shape index (κ3) is 1.74. The summed E-state index contributed by atoms with van der Waals surface area (Å²) in [5.74, 6) is 2.91. The maximum absolute atomic E-state index is 12.4. The zero-order valence-electron chi connectivity index (χ0n) is 14.1. The van der Waals surface area contributed by atoms with E-state index in [9.17, 15) is 9.90 Å². The van der Waals surface area contributed by atoms with Gasteiger partial charge in [-0.15, -0.1) is 0 Å². The maximum atomic E-state index is 12.4. The van der Waals surface area contributed by atoms with E-state index in [4.69, 9.17) is 0 Å². The van der Waals surface area contributed by atoms with E-state index < -0.39 is 0 Å². The first-order valence-corrected chi connectivity index (χ1v) is 9.35. The van der Waals surface area contributed by atoms with Gasteiger partial charge in [0, 0.05) is 18.4 Å². The Morgan fingerprint density at radius 3 is 2.77 bits per heavy atom. The molecule has 0 spiro atoms. The fourth-order valence-corrected chi connectivity index (χ4v) is 6.92. The van der Waals surface area contributed by atoms with Gasteiger partial charge in [0.25, 0.3) is 0 Å². The van der Waals surface area contributed by atoms with E-state index in [0.29, 0.717) is 36.1 Å². The van der Waals surface area contributed by atoms with Crippen molar-refractivity contribution in [2.45, 2.75) is 65.2 Å². The van der Waals surface area contributed by atoms with Crippen molar-refractivity contribution in [3.8, 4) is 0 Å². The van der Waals surface area contributed by atoms with Gasteiger partial charge in [0.1, 0.15) is 5.78 Å². The van der Waals surface area contributed by atoms with Crippen molar-refractivity contribution < 1.29 is 9.90 Å². The van der Waals surface area contributed by atoms with Gasteiger partial charge in [-0.05, 0) is 74.0 Å². The fourth-order valence-electron chi connectivity index (χ4n) is 6.92. The Bertz CT molecular complexity index is 522. The first-order chi connectivity index (χ1) is 10.5. The highest BCUT2D eigenvalue weighted by Crippen LogP contribution is 2.65. The molecule has 0 aliphatic heterocycles. The van der Waals surface area contributed by atoms with Crippen molar-refractivity contribution in [3.63, 3.8) is 0 Å². The van der Waals surface area contributed by atoms with Crippen LogP contribution in [0.5, 0.6) is 0 Å². The second-order valence-corrected chi connectivity index (χ2v) is 8.81. The van der Waals surface area contributed by atoms with Crippen molar-refractivity contribution in [1.82, 2.24) is 0 Å². The van der Waals surface area contributed by atoms with Crippen LogP contribution in [0.1, 0.15) is 65.2 Å². The first-order valence-electron chi connectivity index (χ1n) is 9.35. The molecule has 0 bridgehead atoms. The second kappa shape index (κ2) is 4.93. The highest BCUT2D eigenvalue weighted by molar-refractivity contribution is 5.87. The Morgan fingerprint density at radius 1 is 1.18 bits per heavy atom. The zero-order chi connectivity index (χ0) is 15.5. The Hall–Kier alpha value is -0.630. The predicted octanol–water partition coefficient (Wildman–Crippen LogP) is 4.13. The lowest BCUT2D eigenvalue weighted by Crippen LogP contribution is -2.53. The van der Waals surface area contributed by atoms with Gasteiger partial charge in [0.05, 0.1) is 0 Å². The van der Waals surface area contributed by atoms with Gasteiger partial charge in [0.2, 0.25) is 0 Å². The lowest BCUT2D eigenvalue weighted by atomic mass is 9.46. The van der Waals surface area contributed by atoms with E-state index in [0.717, 1.165) is 19.3 Å². The number of ketones is 1. The normalized spacial score (nSPS) is 50.9. The molecule has 0 radical (unpaired) electrons. The Kier molecular flexibility index (Phi) is 3.35. The quantitative estimate of drug-likeness (QED) is 0.740. The molecule has 0 aromatic rings. The Labute approximate surface area is 134 Å². The number of Topliss-reactive ketones (excluding diaryl/α,β-unsaturated/α-hetero) is 1. The minimum Gasteiger partial charge on any atom is -0.396 e. The van der Waals surface area contributed by atoms with Crippen LogP contribution >= 0.6 is 0 Å². The van der Waals surface area contributed by atoms with Crippen molar-refractivity contribution in [2.75, 3.05) is 6.61 Å². The van der Waals surface area contributed by atoms with E-state index in [2.05, 4.69) is 19.9 Å². The summed E-state index contributed by atoms with van der Waals surface area (Å²) in [6.45, 7) is 5.02. The minimum atomic E-state index is -0.0355. The summed E-state index contributed by atoms with van der Waals surface area (Å²) in [4.78, 5) is 12.4. The SMILES string of the molecule is C[C@]12CC[C@H]3[C@@H](CC=C4CCCC(CO)[C@@]43C)[C@@H]1CCC2=O. The van der Waals surface area contributed by atoms with Gasteiger partial charge in [0.15, 0.2) is 0 Å². The molecule has 6 atom stereocenters. The fraction of sp³-hybridized carbons (Fsp3) is 0.850. The Morgan fingerprint density at radius 2 is 2.00 bits per heavy atom. The lowest BCUT2D eigenvalue weighted by Gasteiger charge is -2.58. The van der Waals surface area contributed by atoms with E-state index in [1.807, 2.05) is 0 Å². The Balaban J connectivity index is 1.73. The molecule has 0 aromatic carbocycles. The first kappa shape index (κ1) is 14.9. The molecule has 1 unspecified atom stereocenters. The molecule has 0 saturated heterocycles. The number of fused-ring (bicyclic) bond motifs is 5. The maximum Gasteiger partial charge on any atom is 0.139 e. The van der Waals surface area contributed by atoms with Crippen LogP contribution in [0.4, 0.5) is 0 Å². The number of hydrogen-bond donors (Lipinski definition) is 1. The summed E-state index contributed by atoms with van der Waals surface area (Å²) in [6, 6.07) is 0. The molecule has 0 heterocycles. The predicted molar refractivity (Wildman–Crippen MR) is 87.3 cm³/mol. The van der Waals surface area contributed by atoms with Gasteiger partial charge in [-0.3, -0.25) is 4.79 Å². The molecule has 22 heavy (non-hydrogen) atoms. The summed E-state index contributed by atoms with van der Waals surface area (Å²) in [7, 11) is 0. The van der Waals surface area contributed by atoms with Crippen LogP contribution in [-0.4, -0.2) is 17.5 Å². The van der Waals surface area contributed by atoms with Crippen molar-refractivity contribution in [3.05, 3.63) is 11.6 Å². The smallest absolute Gasteiger partial charge is 0.139 e. The highest BCUT2D eigenvalue weighted by atomic mass is 16.3. The summed E-state index contributed by atoms with van der Waals surface area (Å²) >= 11 is 0. The molecule has 0 aromatic heterocycles. The topological polar surface area (TPSA) is 37.3 Å². The van der Waals surface area contributed by atoms with Crippen LogP contribution in [-0.2, 0) is 4.79 Å². The number of aliphatic hydroxyl groups is 1. The molecule has 4 aliphatic rings. The highest BCUT2D eigenvalue weighted by Gasteiger charge is 2.59. The monoisotopic (exact) mass is 302 g/mol. The van der Waals surface area contributed by atoms with E-state index in [1.165, 1.54) is 32.1 Å². The molecule has 4 aliphatic carbocycles. The van der Waals surface area contributed by atoms with Gasteiger partial charge in [-0.25, -0.2) is 0 Å². The van der Waals surface area contributed by atoms with Crippen molar-refractivity contribution in [2.24, 2.45) is 34.5 Å². The van der Waals surface area contributed by atoms with Crippen molar-refractivity contribution in [1.29, 1.82) is 0 Å². The third-order valence-electron chi connectivity index (χ3n) is 8.31. The average Bonchev–Trinajstić information content (AvgIpc) is 2.82. The van der Waals surface area contributed by atoms with Crippen LogP contribution in [0.15, 0.2) is 11.6 Å². The molecular weight excluding hydrogens is 272 g/mol. The standard InChI is InChI=1S/C20H30O2/c1-19-11-10-17-15(16(19)8-9-18(19)22)7-6-13-4-3-5-14(12-21)20(13,17)2/h6,14-17,21H,3-5,7-12H2,1-2H3/t14?,15-,16-,17-,19-,20+/m0/s1. The van der Waals surface area contributed by atoms with Crippen LogP contribution in [0.2, 0.25) is 0 Å². The van der Waals surface area contributed by atoms with Gasteiger partial charge < -0.3 is 5.11 Å². The second-order valence-electron chi connectivity index (χ2n) is 8.81. The third-order valence-corrected chi connectivity index (χ3v) is 8.31. The van der Waals surface area contributed by atoms with E-state index in [-0.39, 0.29) is 10.8 Å².